The average molecular weight is 526 g/mol. The van der Waals surface area contributed by atoms with Crippen LogP contribution in [0.1, 0.15) is 124 Å². The molecule has 214 valence electrons. The number of hydrogen-bond acceptors (Lipinski definition) is 7. The van der Waals surface area contributed by atoms with Gasteiger partial charge in [0.1, 0.15) is 6.61 Å². The lowest BCUT2D eigenvalue weighted by atomic mass is 9.96. The Morgan fingerprint density at radius 3 is 1.95 bits per heavy atom. The van der Waals surface area contributed by atoms with Crippen LogP contribution in [0, 0.1) is 5.92 Å². The summed E-state index contributed by atoms with van der Waals surface area (Å²) in [5.41, 5.74) is 0. The smallest absolute Gasteiger partial charge is 0.306 e. The summed E-state index contributed by atoms with van der Waals surface area (Å²) < 4.78 is 16.1. The molecular weight excluding hydrogens is 474 g/mol. The number of rotatable bonds is 23. The summed E-state index contributed by atoms with van der Waals surface area (Å²) >= 11 is 0. The topological polar surface area (TPSA) is 99.2 Å². The number of ether oxygens (including phenoxy) is 3. The van der Waals surface area contributed by atoms with E-state index in [0.29, 0.717) is 13.0 Å². The molecule has 0 radical (unpaired) electrons. The summed E-state index contributed by atoms with van der Waals surface area (Å²) in [7, 11) is 0. The van der Waals surface area contributed by atoms with Crippen LogP contribution in [0.15, 0.2) is 0 Å². The molecular formula is C29H51NO7. The van der Waals surface area contributed by atoms with Crippen molar-refractivity contribution in [2.24, 2.45) is 5.92 Å². The number of amides is 1. The Balaban J connectivity index is 2.42. The van der Waals surface area contributed by atoms with Crippen molar-refractivity contribution in [2.75, 3.05) is 19.8 Å². The van der Waals surface area contributed by atoms with Crippen molar-refractivity contribution in [3.8, 4) is 0 Å². The largest absolute Gasteiger partial charge is 0.466 e. The predicted molar refractivity (Wildman–Crippen MR) is 143 cm³/mol. The van der Waals surface area contributed by atoms with Crippen LogP contribution >= 0.6 is 0 Å². The normalized spacial score (nSPS) is 17.5. The van der Waals surface area contributed by atoms with Gasteiger partial charge in [-0.25, -0.2) is 0 Å². The molecule has 0 saturated carbocycles. The fraction of sp³-hybridized carbons (Fsp3) is 0.862. The van der Waals surface area contributed by atoms with Crippen LogP contribution in [-0.4, -0.2) is 61.1 Å². The van der Waals surface area contributed by atoms with Crippen LogP contribution < -0.4 is 0 Å². The molecule has 0 spiro atoms. The minimum Gasteiger partial charge on any atom is -0.466 e. The van der Waals surface area contributed by atoms with Crippen LogP contribution in [0.3, 0.4) is 0 Å². The van der Waals surface area contributed by atoms with Gasteiger partial charge in [0.25, 0.3) is 0 Å². The van der Waals surface area contributed by atoms with E-state index in [2.05, 4.69) is 13.8 Å². The quantitative estimate of drug-likeness (QED) is 0.0725. The maximum absolute atomic E-state index is 12.5. The van der Waals surface area contributed by atoms with E-state index in [-0.39, 0.29) is 44.1 Å². The minimum atomic E-state index is -0.499. The first-order valence-corrected chi connectivity index (χ1v) is 14.6. The van der Waals surface area contributed by atoms with E-state index < -0.39 is 17.9 Å². The molecule has 1 heterocycles. The Morgan fingerprint density at radius 2 is 1.35 bits per heavy atom. The molecule has 1 rings (SSSR count). The molecule has 0 N–H and O–H groups in total. The highest BCUT2D eigenvalue weighted by molar-refractivity contribution is 5.73. The molecule has 0 bridgehead atoms. The number of likely N-dealkylation sites (tertiary alicyclic amines) is 1. The Labute approximate surface area is 224 Å². The molecule has 8 nitrogen and oxygen atoms in total. The molecule has 1 aliphatic heterocycles. The number of esters is 3. The first-order chi connectivity index (χ1) is 17.9. The zero-order chi connectivity index (χ0) is 27.3. The molecule has 1 aliphatic rings. The van der Waals surface area contributed by atoms with Crippen LogP contribution in [-0.2, 0) is 33.4 Å². The standard InChI is InChI=1S/C29H51NO7/c1-4-6-8-10-12-14-16-27(32)36-21-25(19-28(33)35-17-15-13-11-9-7-5-2)20-29(34)37-22-26-18-24(3)30(26)23-31/h23-26H,4-22H2,1-3H3. The van der Waals surface area contributed by atoms with Gasteiger partial charge in [-0.2, -0.15) is 0 Å². The first kappa shape index (κ1) is 32.9. The van der Waals surface area contributed by atoms with Crippen molar-refractivity contribution in [1.82, 2.24) is 4.90 Å². The van der Waals surface area contributed by atoms with Crippen LogP contribution in [0.25, 0.3) is 0 Å². The molecule has 1 fully saturated rings. The third-order valence-electron chi connectivity index (χ3n) is 6.99. The highest BCUT2D eigenvalue weighted by atomic mass is 16.5. The number of nitrogens with zero attached hydrogens (tertiary/aromatic N) is 1. The Bertz CT molecular complexity index is 654. The third-order valence-corrected chi connectivity index (χ3v) is 6.99. The summed E-state index contributed by atoms with van der Waals surface area (Å²) in [6.45, 7) is 6.77. The van der Waals surface area contributed by atoms with Crippen molar-refractivity contribution in [1.29, 1.82) is 0 Å². The molecule has 1 saturated heterocycles. The van der Waals surface area contributed by atoms with E-state index in [9.17, 15) is 19.2 Å². The van der Waals surface area contributed by atoms with Gasteiger partial charge in [-0.05, 0) is 26.2 Å². The van der Waals surface area contributed by atoms with E-state index in [0.717, 1.165) is 51.4 Å². The molecule has 3 unspecified atom stereocenters. The molecule has 37 heavy (non-hydrogen) atoms. The second-order valence-electron chi connectivity index (χ2n) is 10.4. The zero-order valence-corrected chi connectivity index (χ0v) is 23.5. The average Bonchev–Trinajstić information content (AvgIpc) is 2.86. The van der Waals surface area contributed by atoms with E-state index in [4.69, 9.17) is 14.2 Å². The van der Waals surface area contributed by atoms with Gasteiger partial charge < -0.3 is 19.1 Å². The monoisotopic (exact) mass is 525 g/mol. The second-order valence-corrected chi connectivity index (χ2v) is 10.4. The predicted octanol–water partition coefficient (Wildman–Crippen LogP) is 5.74. The van der Waals surface area contributed by atoms with Gasteiger partial charge in [0.15, 0.2) is 0 Å². The first-order valence-electron chi connectivity index (χ1n) is 14.6. The number of hydrogen-bond donors (Lipinski definition) is 0. The summed E-state index contributed by atoms with van der Waals surface area (Å²) in [4.78, 5) is 49.8. The molecule has 0 aliphatic carbocycles. The Kier molecular flexibility index (Phi) is 18.6. The van der Waals surface area contributed by atoms with E-state index in [1.54, 1.807) is 4.90 Å². The van der Waals surface area contributed by atoms with Crippen LogP contribution in [0.5, 0.6) is 0 Å². The second kappa shape index (κ2) is 20.9. The lowest BCUT2D eigenvalue weighted by Gasteiger charge is -2.44. The molecule has 3 atom stereocenters. The molecule has 0 aromatic heterocycles. The summed E-state index contributed by atoms with van der Waals surface area (Å²) in [5, 5.41) is 0. The fourth-order valence-corrected chi connectivity index (χ4v) is 4.57. The van der Waals surface area contributed by atoms with Crippen molar-refractivity contribution in [3.63, 3.8) is 0 Å². The number of unbranched alkanes of at least 4 members (excludes halogenated alkanes) is 10. The molecule has 0 aromatic carbocycles. The van der Waals surface area contributed by atoms with Crippen LogP contribution in [0.4, 0.5) is 0 Å². The summed E-state index contributed by atoms with van der Waals surface area (Å²) in [5.74, 6) is -1.66. The van der Waals surface area contributed by atoms with Crippen molar-refractivity contribution in [2.45, 2.75) is 136 Å². The van der Waals surface area contributed by atoms with Crippen molar-refractivity contribution in [3.05, 3.63) is 0 Å². The highest BCUT2D eigenvalue weighted by Gasteiger charge is 2.35. The molecule has 1 amide bonds. The summed E-state index contributed by atoms with van der Waals surface area (Å²) in [6.07, 6.45) is 14.9. The highest BCUT2D eigenvalue weighted by Crippen LogP contribution is 2.24. The molecule has 0 aromatic rings. The minimum absolute atomic E-state index is 0.00381. The molecule has 8 heteroatoms. The zero-order valence-electron chi connectivity index (χ0n) is 23.5. The van der Waals surface area contributed by atoms with Gasteiger partial charge in [-0.15, -0.1) is 0 Å². The van der Waals surface area contributed by atoms with Gasteiger partial charge in [0.2, 0.25) is 6.41 Å². The Morgan fingerprint density at radius 1 is 0.784 bits per heavy atom. The van der Waals surface area contributed by atoms with E-state index in [1.807, 2.05) is 6.92 Å². The van der Waals surface area contributed by atoms with Crippen molar-refractivity contribution < 1.29 is 33.4 Å². The van der Waals surface area contributed by atoms with Crippen molar-refractivity contribution >= 4 is 24.3 Å². The summed E-state index contributed by atoms with van der Waals surface area (Å²) in [6, 6.07) is 0.0498. The van der Waals surface area contributed by atoms with E-state index in [1.165, 1.54) is 38.5 Å². The van der Waals surface area contributed by atoms with Gasteiger partial charge in [-0.3, -0.25) is 19.2 Å². The lowest BCUT2D eigenvalue weighted by Crippen LogP contribution is -2.55. The fourth-order valence-electron chi connectivity index (χ4n) is 4.57. The van der Waals surface area contributed by atoms with Gasteiger partial charge in [0, 0.05) is 18.4 Å². The van der Waals surface area contributed by atoms with Crippen LogP contribution in [0.2, 0.25) is 0 Å². The van der Waals surface area contributed by atoms with Gasteiger partial charge >= 0.3 is 17.9 Å². The maximum atomic E-state index is 12.5. The lowest BCUT2D eigenvalue weighted by molar-refractivity contribution is -0.156. The van der Waals surface area contributed by atoms with E-state index >= 15 is 0 Å². The number of carbonyl (C=O) groups is 4. The third kappa shape index (κ3) is 15.7. The SMILES string of the molecule is CCCCCCCCOC(=O)CC(COC(=O)CCCCCCCC)CC(=O)OCC1CC(C)N1C=O. The Hall–Kier alpha value is -2.12. The maximum Gasteiger partial charge on any atom is 0.306 e. The number of carbonyl (C=O) groups excluding carboxylic acids is 4. The van der Waals surface area contributed by atoms with Gasteiger partial charge in [0.05, 0.1) is 32.1 Å². The van der Waals surface area contributed by atoms with Gasteiger partial charge in [-0.1, -0.05) is 78.1 Å².